The molecule has 0 spiro atoms. The van der Waals surface area contributed by atoms with Gasteiger partial charge in [0.1, 0.15) is 23.1 Å². The lowest BCUT2D eigenvalue weighted by atomic mass is 9.96. The molecule has 0 heterocycles. The van der Waals surface area contributed by atoms with Crippen molar-refractivity contribution in [3.63, 3.8) is 0 Å². The highest BCUT2D eigenvalue weighted by Gasteiger charge is 2.27. The fraction of sp³-hybridized carbons (Fsp3) is 0.300. The van der Waals surface area contributed by atoms with E-state index in [1.807, 2.05) is 0 Å². The number of benzene rings is 2. The minimum Gasteiger partial charge on any atom is -0.497 e. The first-order valence-corrected chi connectivity index (χ1v) is 8.46. The fourth-order valence-electron chi connectivity index (χ4n) is 2.87. The first kappa shape index (κ1) is 21.1. The van der Waals surface area contributed by atoms with Crippen molar-refractivity contribution >= 4 is 11.9 Å². The second-order valence-electron chi connectivity index (χ2n) is 6.12. The molecule has 0 bridgehead atoms. The van der Waals surface area contributed by atoms with Crippen molar-refractivity contribution in [3.8, 4) is 11.5 Å². The van der Waals surface area contributed by atoms with E-state index in [4.69, 9.17) is 9.47 Å². The molecular weight excluding hydrogens is 372 g/mol. The summed E-state index contributed by atoms with van der Waals surface area (Å²) in [6, 6.07) is 7.07. The highest BCUT2D eigenvalue weighted by atomic mass is 19.1. The molecule has 0 saturated carbocycles. The van der Waals surface area contributed by atoms with Gasteiger partial charge in [0.15, 0.2) is 0 Å². The Hall–Kier alpha value is -3.16. The standard InChI is InChI=1S/C20H21F2NO5/c1-11(19-14(21)5-4-6-15(19)22)20(26)23-16(10-18(24)25)13-8-7-12(27-2)9-17(13)28-3/h4-9,11,16H,10H2,1-3H3,(H,23,26)(H,24,25). The molecule has 0 fully saturated rings. The Morgan fingerprint density at radius 3 is 2.29 bits per heavy atom. The Kier molecular flexibility index (Phi) is 6.92. The molecule has 2 unspecified atom stereocenters. The predicted molar refractivity (Wildman–Crippen MR) is 97.5 cm³/mol. The SMILES string of the molecule is COc1ccc(C(CC(=O)O)NC(=O)C(C)c2c(F)cccc2F)c(OC)c1. The van der Waals surface area contributed by atoms with Crippen LogP contribution in [0.1, 0.15) is 36.4 Å². The summed E-state index contributed by atoms with van der Waals surface area (Å²) >= 11 is 0. The van der Waals surface area contributed by atoms with E-state index in [9.17, 15) is 23.5 Å². The molecule has 2 aromatic rings. The molecule has 2 aromatic carbocycles. The van der Waals surface area contributed by atoms with Crippen LogP contribution in [0.15, 0.2) is 36.4 Å². The summed E-state index contributed by atoms with van der Waals surface area (Å²) in [5.41, 5.74) is 0.0241. The molecule has 2 N–H and O–H groups in total. The molecule has 0 aliphatic rings. The van der Waals surface area contributed by atoms with Gasteiger partial charge in [-0.3, -0.25) is 9.59 Å². The minimum atomic E-state index is -1.17. The van der Waals surface area contributed by atoms with Crippen LogP contribution >= 0.6 is 0 Å². The number of rotatable bonds is 8. The average molecular weight is 393 g/mol. The van der Waals surface area contributed by atoms with Gasteiger partial charge in [-0.1, -0.05) is 6.07 Å². The van der Waals surface area contributed by atoms with Crippen LogP contribution in [0.25, 0.3) is 0 Å². The van der Waals surface area contributed by atoms with Crippen LogP contribution in [0, 0.1) is 11.6 Å². The van der Waals surface area contributed by atoms with Gasteiger partial charge >= 0.3 is 5.97 Å². The molecular formula is C20H21F2NO5. The van der Waals surface area contributed by atoms with Crippen molar-refractivity contribution in [3.05, 3.63) is 59.2 Å². The van der Waals surface area contributed by atoms with Crippen molar-refractivity contribution < 1.29 is 33.0 Å². The van der Waals surface area contributed by atoms with E-state index >= 15 is 0 Å². The monoisotopic (exact) mass is 393 g/mol. The molecule has 150 valence electrons. The number of nitrogens with one attached hydrogen (secondary N) is 1. The molecule has 2 rings (SSSR count). The molecule has 0 radical (unpaired) electrons. The van der Waals surface area contributed by atoms with Crippen LogP contribution in [0.5, 0.6) is 11.5 Å². The zero-order valence-corrected chi connectivity index (χ0v) is 15.7. The number of methoxy groups -OCH3 is 2. The van der Waals surface area contributed by atoms with Gasteiger partial charge in [0.05, 0.1) is 32.6 Å². The summed E-state index contributed by atoms with van der Waals surface area (Å²) in [6.07, 6.45) is -0.444. The van der Waals surface area contributed by atoms with Crippen LogP contribution < -0.4 is 14.8 Å². The van der Waals surface area contributed by atoms with E-state index in [2.05, 4.69) is 5.32 Å². The number of carbonyl (C=O) groups excluding carboxylic acids is 1. The summed E-state index contributed by atoms with van der Waals surface area (Å²) in [5, 5.41) is 11.8. The van der Waals surface area contributed by atoms with E-state index in [0.29, 0.717) is 17.1 Å². The van der Waals surface area contributed by atoms with Crippen LogP contribution in [0.4, 0.5) is 8.78 Å². The highest BCUT2D eigenvalue weighted by molar-refractivity contribution is 5.84. The number of carbonyl (C=O) groups is 2. The molecule has 6 nitrogen and oxygen atoms in total. The van der Waals surface area contributed by atoms with Gasteiger partial charge in [-0.2, -0.15) is 0 Å². The number of hydrogen-bond acceptors (Lipinski definition) is 4. The molecule has 0 aliphatic heterocycles. The van der Waals surface area contributed by atoms with Gasteiger partial charge in [0.25, 0.3) is 0 Å². The van der Waals surface area contributed by atoms with E-state index in [0.717, 1.165) is 12.1 Å². The van der Waals surface area contributed by atoms with Crippen LogP contribution in [0.3, 0.4) is 0 Å². The molecule has 28 heavy (non-hydrogen) atoms. The summed E-state index contributed by atoms with van der Waals surface area (Å²) in [7, 11) is 2.87. The Bertz CT molecular complexity index is 851. The second kappa shape index (κ2) is 9.16. The zero-order chi connectivity index (χ0) is 20.8. The number of ether oxygens (including phenoxy) is 2. The average Bonchev–Trinajstić information content (AvgIpc) is 2.66. The summed E-state index contributed by atoms with van der Waals surface area (Å²) in [6.45, 7) is 1.35. The Labute approximate surface area is 161 Å². The van der Waals surface area contributed by atoms with Crippen molar-refractivity contribution in [2.24, 2.45) is 0 Å². The van der Waals surface area contributed by atoms with Crippen LogP contribution in [-0.2, 0) is 9.59 Å². The Morgan fingerprint density at radius 2 is 1.75 bits per heavy atom. The van der Waals surface area contributed by atoms with E-state index in [-0.39, 0.29) is 5.56 Å². The number of aliphatic carboxylic acids is 1. The lowest BCUT2D eigenvalue weighted by Crippen LogP contribution is -2.34. The van der Waals surface area contributed by atoms with E-state index in [1.165, 1.54) is 27.2 Å². The quantitative estimate of drug-likeness (QED) is 0.718. The zero-order valence-electron chi connectivity index (χ0n) is 15.7. The Balaban J connectivity index is 2.34. The summed E-state index contributed by atoms with van der Waals surface area (Å²) < 4.78 is 38.4. The van der Waals surface area contributed by atoms with E-state index < -0.39 is 41.9 Å². The van der Waals surface area contributed by atoms with Crippen molar-refractivity contribution in [2.75, 3.05) is 14.2 Å². The van der Waals surface area contributed by atoms with Gasteiger partial charge in [0.2, 0.25) is 5.91 Å². The lowest BCUT2D eigenvalue weighted by molar-refractivity contribution is -0.137. The lowest BCUT2D eigenvalue weighted by Gasteiger charge is -2.23. The first-order chi connectivity index (χ1) is 13.3. The number of hydrogen-bond donors (Lipinski definition) is 2. The van der Waals surface area contributed by atoms with Crippen molar-refractivity contribution in [2.45, 2.75) is 25.3 Å². The highest BCUT2D eigenvalue weighted by Crippen LogP contribution is 2.32. The molecule has 0 aliphatic carbocycles. The third kappa shape index (κ3) is 4.76. The van der Waals surface area contributed by atoms with Crippen LogP contribution in [0.2, 0.25) is 0 Å². The topological polar surface area (TPSA) is 84.9 Å². The second-order valence-corrected chi connectivity index (χ2v) is 6.12. The maximum atomic E-state index is 14.0. The van der Waals surface area contributed by atoms with Crippen molar-refractivity contribution in [1.82, 2.24) is 5.32 Å². The van der Waals surface area contributed by atoms with Gasteiger partial charge in [-0.05, 0) is 31.2 Å². The maximum Gasteiger partial charge on any atom is 0.305 e. The largest absolute Gasteiger partial charge is 0.497 e. The minimum absolute atomic E-state index is 0.315. The van der Waals surface area contributed by atoms with Gasteiger partial charge in [-0.15, -0.1) is 0 Å². The van der Waals surface area contributed by atoms with Crippen LogP contribution in [-0.4, -0.2) is 31.2 Å². The van der Waals surface area contributed by atoms with Gasteiger partial charge in [-0.25, -0.2) is 8.78 Å². The summed E-state index contributed by atoms with van der Waals surface area (Å²) in [5.74, 6) is -3.93. The number of amides is 1. The maximum absolute atomic E-state index is 14.0. The number of carboxylic acid groups (broad SMARTS) is 1. The molecule has 0 aromatic heterocycles. The predicted octanol–water partition coefficient (Wildman–Crippen LogP) is 3.42. The molecule has 2 atom stereocenters. The normalized spacial score (nSPS) is 12.8. The third-order valence-corrected chi connectivity index (χ3v) is 4.34. The first-order valence-electron chi connectivity index (χ1n) is 8.46. The molecule has 8 heteroatoms. The smallest absolute Gasteiger partial charge is 0.305 e. The van der Waals surface area contributed by atoms with Crippen molar-refractivity contribution in [1.29, 1.82) is 0 Å². The molecule has 1 amide bonds. The molecule has 0 saturated heterocycles. The Morgan fingerprint density at radius 1 is 1.11 bits per heavy atom. The number of carboxylic acids is 1. The van der Waals surface area contributed by atoms with Gasteiger partial charge in [0, 0.05) is 17.2 Å². The fourth-order valence-corrected chi connectivity index (χ4v) is 2.87. The third-order valence-electron chi connectivity index (χ3n) is 4.34. The van der Waals surface area contributed by atoms with E-state index in [1.54, 1.807) is 18.2 Å². The summed E-state index contributed by atoms with van der Waals surface area (Å²) in [4.78, 5) is 23.9. The van der Waals surface area contributed by atoms with Gasteiger partial charge < -0.3 is 19.9 Å². The number of halogens is 2.